The summed E-state index contributed by atoms with van der Waals surface area (Å²) >= 11 is 0. The molecule has 5 nitrogen and oxygen atoms in total. The van der Waals surface area contributed by atoms with Crippen LogP contribution < -0.4 is 5.32 Å². The third kappa shape index (κ3) is 4.23. The number of hydrogen-bond donors (Lipinski definition) is 1. The first kappa shape index (κ1) is 15.4. The van der Waals surface area contributed by atoms with Crippen molar-refractivity contribution in [2.75, 3.05) is 19.6 Å². The molecule has 1 saturated heterocycles. The fraction of sp³-hybridized carbons (Fsp3) is 0.833. The van der Waals surface area contributed by atoms with Crippen molar-refractivity contribution in [3.8, 4) is 0 Å². The van der Waals surface area contributed by atoms with Gasteiger partial charge in [-0.15, -0.1) is 12.4 Å². The lowest BCUT2D eigenvalue weighted by atomic mass is 10.1. The summed E-state index contributed by atoms with van der Waals surface area (Å²) in [5.41, 5.74) is 0. The van der Waals surface area contributed by atoms with E-state index >= 15 is 0 Å². The Morgan fingerprint density at radius 1 is 1.50 bits per heavy atom. The first-order valence-corrected chi connectivity index (χ1v) is 6.41. The average molecular weight is 275 g/mol. The second-order valence-electron chi connectivity index (χ2n) is 5.23. The van der Waals surface area contributed by atoms with Crippen molar-refractivity contribution in [2.24, 2.45) is 5.92 Å². The van der Waals surface area contributed by atoms with E-state index in [1.165, 1.54) is 0 Å². The van der Waals surface area contributed by atoms with Crippen molar-refractivity contribution in [1.29, 1.82) is 0 Å². The van der Waals surface area contributed by atoms with Crippen molar-refractivity contribution >= 4 is 12.4 Å². The summed E-state index contributed by atoms with van der Waals surface area (Å²) < 4.78 is 5.29. The van der Waals surface area contributed by atoms with Crippen molar-refractivity contribution < 1.29 is 4.52 Å². The third-order valence-electron chi connectivity index (χ3n) is 3.08. The smallest absolute Gasteiger partial charge is 0.240 e. The zero-order chi connectivity index (χ0) is 12.3. The molecule has 0 aliphatic carbocycles. The molecule has 0 spiro atoms. The lowest BCUT2D eigenvalue weighted by Gasteiger charge is -2.32. The summed E-state index contributed by atoms with van der Waals surface area (Å²) in [6.45, 7) is 10.4. The van der Waals surface area contributed by atoms with Crippen molar-refractivity contribution in [1.82, 2.24) is 20.4 Å². The molecular weight excluding hydrogens is 252 g/mol. The number of piperazine rings is 1. The predicted molar refractivity (Wildman–Crippen MR) is 72.8 cm³/mol. The molecule has 1 aromatic heterocycles. The van der Waals surface area contributed by atoms with E-state index in [-0.39, 0.29) is 12.4 Å². The predicted octanol–water partition coefficient (Wildman–Crippen LogP) is 1.48. The van der Waals surface area contributed by atoms with Gasteiger partial charge in [-0.25, -0.2) is 0 Å². The van der Waals surface area contributed by atoms with Gasteiger partial charge in [0, 0.05) is 32.1 Å². The number of nitrogens with zero attached hydrogens (tertiary/aromatic N) is 3. The number of rotatable bonds is 4. The zero-order valence-electron chi connectivity index (χ0n) is 11.3. The highest BCUT2D eigenvalue weighted by Crippen LogP contribution is 2.10. The first-order valence-electron chi connectivity index (χ1n) is 6.41. The lowest BCUT2D eigenvalue weighted by molar-refractivity contribution is 0.146. The molecule has 18 heavy (non-hydrogen) atoms. The van der Waals surface area contributed by atoms with Crippen molar-refractivity contribution in [2.45, 2.75) is 39.8 Å². The van der Waals surface area contributed by atoms with E-state index < -0.39 is 0 Å². The first-order chi connectivity index (χ1) is 8.15. The van der Waals surface area contributed by atoms with Crippen LogP contribution in [0, 0.1) is 5.92 Å². The summed E-state index contributed by atoms with van der Waals surface area (Å²) in [7, 11) is 0. The van der Waals surface area contributed by atoms with Gasteiger partial charge < -0.3 is 9.84 Å². The molecule has 0 aromatic carbocycles. The molecule has 0 amide bonds. The Kier molecular flexibility index (Phi) is 6.05. The molecule has 6 heteroatoms. The molecule has 0 bridgehead atoms. The summed E-state index contributed by atoms with van der Waals surface area (Å²) in [6, 6.07) is 0.532. The highest BCUT2D eigenvalue weighted by molar-refractivity contribution is 5.85. The maximum atomic E-state index is 5.29. The molecule has 2 heterocycles. The highest BCUT2D eigenvalue weighted by atomic mass is 35.5. The average Bonchev–Trinajstić information content (AvgIpc) is 2.68. The molecule has 0 radical (unpaired) electrons. The van der Waals surface area contributed by atoms with E-state index in [1.807, 2.05) is 0 Å². The molecule has 0 saturated carbocycles. The van der Waals surface area contributed by atoms with E-state index in [0.717, 1.165) is 44.3 Å². The van der Waals surface area contributed by atoms with Crippen LogP contribution in [0.4, 0.5) is 0 Å². The van der Waals surface area contributed by atoms with E-state index in [4.69, 9.17) is 4.52 Å². The molecule has 1 unspecified atom stereocenters. The normalized spacial score (nSPS) is 21.0. The Morgan fingerprint density at radius 2 is 2.28 bits per heavy atom. The van der Waals surface area contributed by atoms with Crippen LogP contribution in [-0.4, -0.2) is 40.7 Å². The number of nitrogens with one attached hydrogen (secondary N) is 1. The van der Waals surface area contributed by atoms with Gasteiger partial charge in [0.1, 0.15) is 0 Å². The van der Waals surface area contributed by atoms with Crippen LogP contribution in [0.5, 0.6) is 0 Å². The van der Waals surface area contributed by atoms with Gasteiger partial charge >= 0.3 is 0 Å². The standard InChI is InChI=1S/C12H22N4O.ClH/c1-9(2)6-11-14-12(17-15-11)8-16-5-4-13-7-10(16)3;/h9-10,13H,4-8H2,1-3H3;1H. The van der Waals surface area contributed by atoms with Gasteiger partial charge in [-0.1, -0.05) is 19.0 Å². The second-order valence-corrected chi connectivity index (χ2v) is 5.23. The second kappa shape index (κ2) is 7.07. The number of hydrogen-bond acceptors (Lipinski definition) is 5. The van der Waals surface area contributed by atoms with E-state index in [2.05, 4.69) is 41.1 Å². The van der Waals surface area contributed by atoms with Crippen LogP contribution >= 0.6 is 12.4 Å². The van der Waals surface area contributed by atoms with Crippen LogP contribution in [-0.2, 0) is 13.0 Å². The monoisotopic (exact) mass is 274 g/mol. The topological polar surface area (TPSA) is 54.2 Å². The largest absolute Gasteiger partial charge is 0.338 e. The van der Waals surface area contributed by atoms with Gasteiger partial charge in [0.2, 0.25) is 5.89 Å². The molecule has 1 N–H and O–H groups in total. The van der Waals surface area contributed by atoms with Gasteiger partial charge in [-0.05, 0) is 12.8 Å². The van der Waals surface area contributed by atoms with Gasteiger partial charge in [0.05, 0.1) is 6.54 Å². The van der Waals surface area contributed by atoms with Crippen LogP contribution in [0.3, 0.4) is 0 Å². The van der Waals surface area contributed by atoms with Crippen LogP contribution in [0.1, 0.15) is 32.5 Å². The van der Waals surface area contributed by atoms with Crippen molar-refractivity contribution in [3.63, 3.8) is 0 Å². The van der Waals surface area contributed by atoms with Gasteiger partial charge in [-0.2, -0.15) is 4.98 Å². The van der Waals surface area contributed by atoms with E-state index in [0.29, 0.717) is 12.0 Å². The fourth-order valence-corrected chi connectivity index (χ4v) is 2.09. The molecule has 1 aromatic rings. The van der Waals surface area contributed by atoms with Gasteiger partial charge in [0.25, 0.3) is 0 Å². The van der Waals surface area contributed by atoms with E-state index in [1.54, 1.807) is 0 Å². The van der Waals surface area contributed by atoms with Crippen LogP contribution in [0.25, 0.3) is 0 Å². The molecule has 1 atom stereocenters. The van der Waals surface area contributed by atoms with Gasteiger partial charge in [-0.3, -0.25) is 4.90 Å². The third-order valence-corrected chi connectivity index (χ3v) is 3.08. The molecule has 1 aliphatic heterocycles. The summed E-state index contributed by atoms with van der Waals surface area (Å²) in [4.78, 5) is 6.82. The molecule has 2 rings (SSSR count). The van der Waals surface area contributed by atoms with Gasteiger partial charge in [0.15, 0.2) is 5.82 Å². The number of aromatic nitrogens is 2. The highest BCUT2D eigenvalue weighted by Gasteiger charge is 2.20. The zero-order valence-corrected chi connectivity index (χ0v) is 12.2. The minimum absolute atomic E-state index is 0. The Labute approximate surface area is 115 Å². The minimum Gasteiger partial charge on any atom is -0.338 e. The molecule has 104 valence electrons. The molecule has 1 fully saturated rings. The SMILES string of the molecule is CC(C)Cc1noc(CN2CCNCC2C)n1.Cl. The molecular formula is C12H23ClN4O. The summed E-state index contributed by atoms with van der Waals surface area (Å²) in [5, 5.41) is 7.39. The fourth-order valence-electron chi connectivity index (χ4n) is 2.09. The number of halogens is 1. The summed E-state index contributed by atoms with van der Waals surface area (Å²) in [5.74, 6) is 2.14. The maximum absolute atomic E-state index is 5.29. The van der Waals surface area contributed by atoms with E-state index in [9.17, 15) is 0 Å². The Balaban J connectivity index is 0.00000162. The maximum Gasteiger partial charge on any atom is 0.240 e. The summed E-state index contributed by atoms with van der Waals surface area (Å²) in [6.07, 6.45) is 0.889. The van der Waals surface area contributed by atoms with Crippen molar-refractivity contribution in [3.05, 3.63) is 11.7 Å². The van der Waals surface area contributed by atoms with Crippen LogP contribution in [0.15, 0.2) is 4.52 Å². The van der Waals surface area contributed by atoms with Crippen LogP contribution in [0.2, 0.25) is 0 Å². The Hall–Kier alpha value is -0.650. The Bertz CT molecular complexity index is 356. The quantitative estimate of drug-likeness (QED) is 0.901. The lowest BCUT2D eigenvalue weighted by Crippen LogP contribution is -2.49. The minimum atomic E-state index is 0. The molecule has 1 aliphatic rings. The Morgan fingerprint density at radius 3 is 2.94 bits per heavy atom.